The number of hydrogen-bond donors (Lipinski definition) is 2. The molecular formula is C9H17NO4. The third-order valence-corrected chi connectivity index (χ3v) is 1.31. The van der Waals surface area contributed by atoms with Gasteiger partial charge in [-0.3, -0.25) is 0 Å². The standard InChI is InChI=1S/C9H17NO4/c1-2-3-10-4-5-13-6-7-14-8-9(11)12/h2,10H,1,3-8H2,(H,11,12). The van der Waals surface area contributed by atoms with Crippen molar-refractivity contribution < 1.29 is 19.4 Å². The van der Waals surface area contributed by atoms with Crippen LogP contribution in [-0.4, -0.2) is 50.6 Å². The van der Waals surface area contributed by atoms with Gasteiger partial charge < -0.3 is 19.9 Å². The molecule has 0 aromatic rings. The van der Waals surface area contributed by atoms with Gasteiger partial charge in [0, 0.05) is 13.1 Å². The van der Waals surface area contributed by atoms with Gasteiger partial charge in [-0.15, -0.1) is 6.58 Å². The van der Waals surface area contributed by atoms with Crippen LogP contribution >= 0.6 is 0 Å². The van der Waals surface area contributed by atoms with Gasteiger partial charge >= 0.3 is 5.97 Å². The van der Waals surface area contributed by atoms with Crippen molar-refractivity contribution in [3.05, 3.63) is 12.7 Å². The summed E-state index contributed by atoms with van der Waals surface area (Å²) in [5.74, 6) is -0.961. The molecular weight excluding hydrogens is 186 g/mol. The van der Waals surface area contributed by atoms with Crippen molar-refractivity contribution in [1.29, 1.82) is 0 Å². The summed E-state index contributed by atoms with van der Waals surface area (Å²) in [6.45, 7) is 6.13. The molecule has 14 heavy (non-hydrogen) atoms. The topological polar surface area (TPSA) is 67.8 Å². The van der Waals surface area contributed by atoms with E-state index in [1.54, 1.807) is 6.08 Å². The van der Waals surface area contributed by atoms with E-state index in [0.717, 1.165) is 13.1 Å². The first kappa shape index (κ1) is 13.1. The minimum atomic E-state index is -0.961. The number of aliphatic carboxylic acids is 1. The van der Waals surface area contributed by atoms with Gasteiger partial charge in [0.25, 0.3) is 0 Å². The van der Waals surface area contributed by atoms with Crippen LogP contribution in [0.3, 0.4) is 0 Å². The molecule has 0 bridgehead atoms. The smallest absolute Gasteiger partial charge is 0.329 e. The van der Waals surface area contributed by atoms with Crippen molar-refractivity contribution in [3.8, 4) is 0 Å². The molecule has 0 aromatic carbocycles. The van der Waals surface area contributed by atoms with Crippen LogP contribution in [0.5, 0.6) is 0 Å². The Balaban J connectivity index is 2.92. The summed E-state index contributed by atoms with van der Waals surface area (Å²) in [7, 11) is 0. The van der Waals surface area contributed by atoms with E-state index in [9.17, 15) is 4.79 Å². The molecule has 5 heteroatoms. The number of nitrogens with one attached hydrogen (secondary N) is 1. The summed E-state index contributed by atoms with van der Waals surface area (Å²) in [4.78, 5) is 10.0. The van der Waals surface area contributed by atoms with Crippen molar-refractivity contribution in [2.75, 3.05) is 39.5 Å². The second-order valence-corrected chi connectivity index (χ2v) is 2.55. The highest BCUT2D eigenvalue weighted by Gasteiger charge is 1.95. The summed E-state index contributed by atoms with van der Waals surface area (Å²) >= 11 is 0. The highest BCUT2D eigenvalue weighted by Crippen LogP contribution is 1.78. The maximum absolute atomic E-state index is 10.0. The van der Waals surface area contributed by atoms with E-state index in [0.29, 0.717) is 19.8 Å². The first-order chi connectivity index (χ1) is 6.77. The maximum atomic E-state index is 10.0. The van der Waals surface area contributed by atoms with Gasteiger partial charge in [0.05, 0.1) is 19.8 Å². The fourth-order valence-corrected chi connectivity index (χ4v) is 0.728. The Morgan fingerprint density at radius 3 is 2.71 bits per heavy atom. The zero-order valence-electron chi connectivity index (χ0n) is 8.20. The summed E-state index contributed by atoms with van der Waals surface area (Å²) in [5, 5.41) is 11.3. The van der Waals surface area contributed by atoms with E-state index in [-0.39, 0.29) is 6.61 Å². The van der Waals surface area contributed by atoms with Gasteiger partial charge in [0.1, 0.15) is 6.61 Å². The van der Waals surface area contributed by atoms with Gasteiger partial charge in [-0.25, -0.2) is 4.79 Å². The molecule has 5 nitrogen and oxygen atoms in total. The maximum Gasteiger partial charge on any atom is 0.329 e. The highest BCUT2D eigenvalue weighted by atomic mass is 16.5. The van der Waals surface area contributed by atoms with E-state index in [1.807, 2.05) is 0 Å². The molecule has 0 aliphatic heterocycles. The van der Waals surface area contributed by atoms with Crippen molar-refractivity contribution in [2.45, 2.75) is 0 Å². The van der Waals surface area contributed by atoms with Crippen LogP contribution in [0.1, 0.15) is 0 Å². The normalized spacial score (nSPS) is 10.0. The minimum Gasteiger partial charge on any atom is -0.480 e. The zero-order valence-corrected chi connectivity index (χ0v) is 8.20. The fourth-order valence-electron chi connectivity index (χ4n) is 0.728. The molecule has 0 heterocycles. The number of carboxylic acids is 1. The van der Waals surface area contributed by atoms with Gasteiger partial charge in [0.2, 0.25) is 0 Å². The summed E-state index contributed by atoms with van der Waals surface area (Å²) in [5.41, 5.74) is 0. The van der Waals surface area contributed by atoms with Crippen molar-refractivity contribution >= 4 is 5.97 Å². The predicted octanol–water partition coefficient (Wildman–Crippen LogP) is -0.120. The van der Waals surface area contributed by atoms with Gasteiger partial charge in [-0.05, 0) is 0 Å². The number of carbonyl (C=O) groups is 1. The lowest BCUT2D eigenvalue weighted by atomic mass is 10.6. The fraction of sp³-hybridized carbons (Fsp3) is 0.667. The molecule has 0 aliphatic carbocycles. The Bertz CT molecular complexity index is 161. The van der Waals surface area contributed by atoms with E-state index in [4.69, 9.17) is 14.6 Å². The molecule has 0 saturated heterocycles. The van der Waals surface area contributed by atoms with E-state index < -0.39 is 5.97 Å². The third-order valence-electron chi connectivity index (χ3n) is 1.31. The second kappa shape index (κ2) is 10.2. The number of hydrogen-bond acceptors (Lipinski definition) is 4. The zero-order chi connectivity index (χ0) is 10.6. The number of rotatable bonds is 10. The lowest BCUT2D eigenvalue weighted by molar-refractivity contribution is -0.142. The molecule has 0 radical (unpaired) electrons. The third kappa shape index (κ3) is 11.1. The van der Waals surface area contributed by atoms with Crippen molar-refractivity contribution in [1.82, 2.24) is 5.32 Å². The van der Waals surface area contributed by atoms with Crippen LogP contribution in [0, 0.1) is 0 Å². The van der Waals surface area contributed by atoms with Crippen LogP contribution in [-0.2, 0) is 14.3 Å². The van der Waals surface area contributed by atoms with Crippen LogP contribution in [0.25, 0.3) is 0 Å². The monoisotopic (exact) mass is 203 g/mol. The highest BCUT2D eigenvalue weighted by molar-refractivity contribution is 5.67. The molecule has 82 valence electrons. The first-order valence-corrected chi connectivity index (χ1v) is 4.46. The lowest BCUT2D eigenvalue weighted by Crippen LogP contribution is -2.20. The summed E-state index contributed by atoms with van der Waals surface area (Å²) in [6, 6.07) is 0. The van der Waals surface area contributed by atoms with E-state index >= 15 is 0 Å². The molecule has 0 amide bonds. The Kier molecular flexibility index (Phi) is 9.51. The van der Waals surface area contributed by atoms with Crippen LogP contribution in [0.2, 0.25) is 0 Å². The average molecular weight is 203 g/mol. The first-order valence-electron chi connectivity index (χ1n) is 4.46. The predicted molar refractivity (Wildman–Crippen MR) is 52.3 cm³/mol. The molecule has 0 saturated carbocycles. The van der Waals surface area contributed by atoms with Crippen LogP contribution in [0.4, 0.5) is 0 Å². The van der Waals surface area contributed by atoms with Crippen molar-refractivity contribution in [2.24, 2.45) is 0 Å². The molecule has 0 spiro atoms. The van der Waals surface area contributed by atoms with E-state index in [1.165, 1.54) is 0 Å². The molecule has 0 rings (SSSR count). The molecule has 0 fully saturated rings. The van der Waals surface area contributed by atoms with Crippen LogP contribution < -0.4 is 5.32 Å². The van der Waals surface area contributed by atoms with Crippen molar-refractivity contribution in [3.63, 3.8) is 0 Å². The largest absolute Gasteiger partial charge is 0.480 e. The van der Waals surface area contributed by atoms with Gasteiger partial charge in [0.15, 0.2) is 0 Å². The quantitative estimate of drug-likeness (QED) is 0.383. The number of ether oxygens (including phenoxy) is 2. The van der Waals surface area contributed by atoms with E-state index in [2.05, 4.69) is 11.9 Å². The SMILES string of the molecule is C=CCNCCOCCOCC(=O)O. The summed E-state index contributed by atoms with van der Waals surface area (Å²) in [6.07, 6.45) is 1.77. The molecule has 0 atom stereocenters. The Hall–Kier alpha value is -0.910. The summed E-state index contributed by atoms with van der Waals surface area (Å²) < 4.78 is 9.91. The second-order valence-electron chi connectivity index (χ2n) is 2.55. The van der Waals surface area contributed by atoms with Gasteiger partial charge in [-0.2, -0.15) is 0 Å². The molecule has 0 unspecified atom stereocenters. The average Bonchev–Trinajstić information content (AvgIpc) is 2.15. The lowest BCUT2D eigenvalue weighted by Gasteiger charge is -2.04. The number of carboxylic acid groups (broad SMARTS) is 1. The minimum absolute atomic E-state index is 0.266. The van der Waals surface area contributed by atoms with Gasteiger partial charge in [-0.1, -0.05) is 6.08 Å². The Morgan fingerprint density at radius 1 is 1.36 bits per heavy atom. The molecule has 2 N–H and O–H groups in total. The molecule has 0 aromatic heterocycles. The van der Waals surface area contributed by atoms with Crippen LogP contribution in [0.15, 0.2) is 12.7 Å². The molecule has 0 aliphatic rings. The Morgan fingerprint density at radius 2 is 2.07 bits per heavy atom. The Labute approximate surface area is 83.7 Å².